The summed E-state index contributed by atoms with van der Waals surface area (Å²) in [5, 5.41) is 2.91. The number of aromatic nitrogens is 1. The second kappa shape index (κ2) is 7.59. The molecule has 1 heterocycles. The van der Waals surface area contributed by atoms with Crippen LogP contribution in [0.25, 0.3) is 0 Å². The number of nitrogens with zero attached hydrogens (tertiary/aromatic N) is 2. The second-order valence-electron chi connectivity index (χ2n) is 5.53. The Hall–Kier alpha value is -2.36. The predicted octanol–water partition coefficient (Wildman–Crippen LogP) is 3.88. The fourth-order valence-electron chi connectivity index (χ4n) is 2.21. The highest BCUT2D eigenvalue weighted by atomic mass is 16.1. The van der Waals surface area contributed by atoms with E-state index in [9.17, 15) is 4.79 Å². The summed E-state index contributed by atoms with van der Waals surface area (Å²) in [5.41, 5.74) is 3.45. The molecule has 1 aromatic carbocycles. The van der Waals surface area contributed by atoms with Crippen molar-refractivity contribution in [1.82, 2.24) is 4.98 Å². The SMILES string of the molecule is CCCCN(C)c1cncc(C(=O)Nc2cccc(C)c2)c1. The monoisotopic (exact) mass is 297 g/mol. The van der Waals surface area contributed by atoms with Gasteiger partial charge in [0, 0.05) is 25.5 Å². The smallest absolute Gasteiger partial charge is 0.257 e. The topological polar surface area (TPSA) is 45.2 Å². The van der Waals surface area contributed by atoms with Gasteiger partial charge in [-0.2, -0.15) is 0 Å². The predicted molar refractivity (Wildman–Crippen MR) is 91.5 cm³/mol. The van der Waals surface area contributed by atoms with Crippen LogP contribution in [0.1, 0.15) is 35.7 Å². The normalized spacial score (nSPS) is 10.3. The van der Waals surface area contributed by atoms with Crippen LogP contribution in [0, 0.1) is 6.92 Å². The fraction of sp³-hybridized carbons (Fsp3) is 0.333. The number of nitrogens with one attached hydrogen (secondary N) is 1. The molecule has 0 fully saturated rings. The molecule has 116 valence electrons. The van der Waals surface area contributed by atoms with Gasteiger partial charge < -0.3 is 10.2 Å². The second-order valence-corrected chi connectivity index (χ2v) is 5.53. The van der Waals surface area contributed by atoms with E-state index < -0.39 is 0 Å². The highest BCUT2D eigenvalue weighted by Crippen LogP contribution is 2.16. The summed E-state index contributed by atoms with van der Waals surface area (Å²) < 4.78 is 0. The number of hydrogen-bond donors (Lipinski definition) is 1. The number of aryl methyl sites for hydroxylation is 1. The molecule has 1 aromatic heterocycles. The van der Waals surface area contributed by atoms with E-state index in [1.54, 1.807) is 12.4 Å². The van der Waals surface area contributed by atoms with Gasteiger partial charge in [0.15, 0.2) is 0 Å². The Balaban J connectivity index is 2.10. The van der Waals surface area contributed by atoms with Crippen molar-refractivity contribution < 1.29 is 4.79 Å². The van der Waals surface area contributed by atoms with Crippen molar-refractivity contribution in [2.75, 3.05) is 23.8 Å². The number of unbranched alkanes of at least 4 members (excludes halogenated alkanes) is 1. The average molecular weight is 297 g/mol. The fourth-order valence-corrected chi connectivity index (χ4v) is 2.21. The maximum absolute atomic E-state index is 12.3. The van der Waals surface area contributed by atoms with Crippen LogP contribution in [0.2, 0.25) is 0 Å². The van der Waals surface area contributed by atoms with E-state index in [1.165, 1.54) is 0 Å². The Morgan fingerprint density at radius 2 is 2.09 bits per heavy atom. The van der Waals surface area contributed by atoms with E-state index in [1.807, 2.05) is 44.3 Å². The molecule has 0 bridgehead atoms. The van der Waals surface area contributed by atoms with Crippen molar-refractivity contribution in [1.29, 1.82) is 0 Å². The Morgan fingerprint density at radius 3 is 2.82 bits per heavy atom. The maximum Gasteiger partial charge on any atom is 0.257 e. The summed E-state index contributed by atoms with van der Waals surface area (Å²) >= 11 is 0. The first-order valence-corrected chi connectivity index (χ1v) is 7.64. The lowest BCUT2D eigenvalue weighted by molar-refractivity contribution is 0.102. The molecule has 0 aliphatic rings. The summed E-state index contributed by atoms with van der Waals surface area (Å²) in [5.74, 6) is -0.135. The largest absolute Gasteiger partial charge is 0.373 e. The Kier molecular flexibility index (Phi) is 5.53. The van der Waals surface area contributed by atoms with Crippen LogP contribution >= 0.6 is 0 Å². The van der Waals surface area contributed by atoms with Crippen LogP contribution in [-0.2, 0) is 0 Å². The number of benzene rings is 1. The summed E-state index contributed by atoms with van der Waals surface area (Å²) in [4.78, 5) is 18.7. The quantitative estimate of drug-likeness (QED) is 0.880. The average Bonchev–Trinajstić information content (AvgIpc) is 2.52. The molecule has 0 aliphatic heterocycles. The van der Waals surface area contributed by atoms with Crippen molar-refractivity contribution in [3.8, 4) is 0 Å². The molecule has 0 aliphatic carbocycles. The van der Waals surface area contributed by atoms with Crippen LogP contribution in [0.5, 0.6) is 0 Å². The van der Waals surface area contributed by atoms with Crippen molar-refractivity contribution in [2.45, 2.75) is 26.7 Å². The highest BCUT2D eigenvalue weighted by molar-refractivity contribution is 6.04. The standard InChI is InChI=1S/C18H23N3O/c1-4-5-9-21(3)17-11-15(12-19-13-17)18(22)20-16-8-6-7-14(2)10-16/h6-8,10-13H,4-5,9H2,1-3H3,(H,20,22). The molecule has 4 nitrogen and oxygen atoms in total. The Labute approximate surface area is 132 Å². The highest BCUT2D eigenvalue weighted by Gasteiger charge is 2.09. The van der Waals surface area contributed by atoms with E-state index in [-0.39, 0.29) is 5.91 Å². The van der Waals surface area contributed by atoms with Gasteiger partial charge in [0.05, 0.1) is 17.4 Å². The van der Waals surface area contributed by atoms with Crippen LogP contribution in [-0.4, -0.2) is 24.5 Å². The van der Waals surface area contributed by atoms with E-state index in [0.29, 0.717) is 5.56 Å². The molecule has 0 saturated heterocycles. The molecule has 2 rings (SSSR count). The molecule has 0 saturated carbocycles. The van der Waals surface area contributed by atoms with Crippen molar-refractivity contribution in [3.05, 3.63) is 53.9 Å². The molecule has 1 amide bonds. The lowest BCUT2D eigenvalue weighted by Crippen LogP contribution is -2.19. The van der Waals surface area contributed by atoms with Gasteiger partial charge in [-0.05, 0) is 37.1 Å². The number of rotatable bonds is 6. The van der Waals surface area contributed by atoms with Gasteiger partial charge in [0.25, 0.3) is 5.91 Å². The lowest BCUT2D eigenvalue weighted by Gasteiger charge is -2.19. The van der Waals surface area contributed by atoms with Crippen molar-refractivity contribution >= 4 is 17.3 Å². The van der Waals surface area contributed by atoms with E-state index in [2.05, 4.69) is 22.1 Å². The number of amides is 1. The van der Waals surface area contributed by atoms with E-state index >= 15 is 0 Å². The zero-order chi connectivity index (χ0) is 15.9. The first-order chi connectivity index (χ1) is 10.6. The maximum atomic E-state index is 12.3. The molecular formula is C18H23N3O. The van der Waals surface area contributed by atoms with E-state index in [4.69, 9.17) is 0 Å². The number of pyridine rings is 1. The van der Waals surface area contributed by atoms with Gasteiger partial charge >= 0.3 is 0 Å². The number of anilines is 2. The molecule has 2 aromatic rings. The van der Waals surface area contributed by atoms with Crippen molar-refractivity contribution in [2.24, 2.45) is 0 Å². The third-order valence-corrected chi connectivity index (χ3v) is 3.55. The van der Waals surface area contributed by atoms with Crippen LogP contribution in [0.4, 0.5) is 11.4 Å². The first-order valence-electron chi connectivity index (χ1n) is 7.64. The molecule has 0 unspecified atom stereocenters. The lowest BCUT2D eigenvalue weighted by atomic mass is 10.2. The molecule has 4 heteroatoms. The van der Waals surface area contributed by atoms with Crippen LogP contribution < -0.4 is 10.2 Å². The minimum Gasteiger partial charge on any atom is -0.373 e. The van der Waals surface area contributed by atoms with Gasteiger partial charge in [0.2, 0.25) is 0 Å². The number of carbonyl (C=O) groups is 1. The molecule has 22 heavy (non-hydrogen) atoms. The summed E-state index contributed by atoms with van der Waals surface area (Å²) in [6.07, 6.45) is 5.66. The molecular weight excluding hydrogens is 274 g/mol. The minimum absolute atomic E-state index is 0.135. The van der Waals surface area contributed by atoms with E-state index in [0.717, 1.165) is 36.3 Å². The summed E-state index contributed by atoms with van der Waals surface area (Å²) in [6, 6.07) is 9.64. The molecule has 0 radical (unpaired) electrons. The van der Waals surface area contributed by atoms with Gasteiger partial charge in [-0.1, -0.05) is 25.5 Å². The molecule has 0 atom stereocenters. The summed E-state index contributed by atoms with van der Waals surface area (Å²) in [6.45, 7) is 5.12. The third-order valence-electron chi connectivity index (χ3n) is 3.55. The Bertz CT molecular complexity index is 640. The van der Waals surface area contributed by atoms with Crippen LogP contribution in [0.15, 0.2) is 42.7 Å². The van der Waals surface area contributed by atoms with Gasteiger partial charge in [-0.3, -0.25) is 9.78 Å². The van der Waals surface area contributed by atoms with Gasteiger partial charge in [-0.25, -0.2) is 0 Å². The number of hydrogen-bond acceptors (Lipinski definition) is 3. The van der Waals surface area contributed by atoms with Crippen molar-refractivity contribution in [3.63, 3.8) is 0 Å². The Morgan fingerprint density at radius 1 is 1.27 bits per heavy atom. The molecule has 1 N–H and O–H groups in total. The van der Waals surface area contributed by atoms with Gasteiger partial charge in [0.1, 0.15) is 0 Å². The zero-order valence-corrected chi connectivity index (χ0v) is 13.5. The zero-order valence-electron chi connectivity index (χ0n) is 13.5. The first kappa shape index (κ1) is 16.0. The molecule has 0 spiro atoms. The minimum atomic E-state index is -0.135. The van der Waals surface area contributed by atoms with Crippen LogP contribution in [0.3, 0.4) is 0 Å². The number of carbonyl (C=O) groups excluding carboxylic acids is 1. The third kappa shape index (κ3) is 4.32. The van der Waals surface area contributed by atoms with Gasteiger partial charge in [-0.15, -0.1) is 0 Å². The summed E-state index contributed by atoms with van der Waals surface area (Å²) in [7, 11) is 2.02.